The zero-order valence-electron chi connectivity index (χ0n) is 21.9. The van der Waals surface area contributed by atoms with Crippen molar-refractivity contribution in [3.05, 3.63) is 157 Å². The standard InChI is InChI=1S/2C18H14N.Pt/c2*1-14-8-7-13-19-18(14)17-12-6-5-11-16(17)15-9-3-2-4-10-15;/h2*2-11,13H,1H3;/q2*-1;+2. The summed E-state index contributed by atoms with van der Waals surface area (Å²) in [6.45, 7) is 4.16. The molecule has 6 aromatic rings. The van der Waals surface area contributed by atoms with E-state index in [9.17, 15) is 0 Å². The number of aryl methyl sites for hydroxylation is 2. The van der Waals surface area contributed by atoms with E-state index in [2.05, 4.69) is 109 Å². The Morgan fingerprint density at radius 2 is 0.872 bits per heavy atom. The molecular formula is C36H28N2Pt. The fraction of sp³-hybridized carbons (Fsp3) is 0.0556. The van der Waals surface area contributed by atoms with Gasteiger partial charge in [0, 0.05) is 12.4 Å². The summed E-state index contributed by atoms with van der Waals surface area (Å²) in [6, 6.07) is 47.6. The van der Waals surface area contributed by atoms with Crippen LogP contribution in [0.5, 0.6) is 0 Å². The normalized spacial score (nSPS) is 10.1. The molecular weight excluding hydrogens is 655 g/mol. The third kappa shape index (κ3) is 6.66. The van der Waals surface area contributed by atoms with Crippen molar-refractivity contribution >= 4 is 0 Å². The maximum absolute atomic E-state index is 4.50. The van der Waals surface area contributed by atoms with Gasteiger partial charge in [0.25, 0.3) is 0 Å². The van der Waals surface area contributed by atoms with Crippen molar-refractivity contribution in [3.63, 3.8) is 0 Å². The van der Waals surface area contributed by atoms with Crippen LogP contribution in [0.2, 0.25) is 0 Å². The first-order valence-corrected chi connectivity index (χ1v) is 12.7. The van der Waals surface area contributed by atoms with Gasteiger partial charge >= 0.3 is 21.1 Å². The molecule has 0 unspecified atom stereocenters. The smallest absolute Gasteiger partial charge is 0.304 e. The molecule has 39 heavy (non-hydrogen) atoms. The predicted octanol–water partition coefficient (Wildman–Crippen LogP) is 9.05. The number of hydrogen-bond donors (Lipinski definition) is 0. The molecule has 0 N–H and O–H groups in total. The summed E-state index contributed by atoms with van der Waals surface area (Å²) in [7, 11) is 0. The van der Waals surface area contributed by atoms with Gasteiger partial charge in [-0.05, 0) is 37.4 Å². The van der Waals surface area contributed by atoms with Crippen LogP contribution in [0.4, 0.5) is 0 Å². The largest absolute Gasteiger partial charge is 2.00 e. The van der Waals surface area contributed by atoms with Gasteiger partial charge in [-0.2, -0.15) is 0 Å². The number of pyridine rings is 2. The minimum absolute atomic E-state index is 0. The monoisotopic (exact) mass is 683 g/mol. The van der Waals surface area contributed by atoms with Crippen LogP contribution in [-0.2, 0) is 21.1 Å². The van der Waals surface area contributed by atoms with Crippen molar-refractivity contribution < 1.29 is 21.1 Å². The molecule has 0 aliphatic heterocycles. The molecule has 2 nitrogen and oxygen atoms in total. The fourth-order valence-corrected chi connectivity index (χ4v) is 4.48. The molecule has 0 amide bonds. The molecule has 0 aliphatic carbocycles. The number of rotatable bonds is 4. The predicted molar refractivity (Wildman–Crippen MR) is 157 cm³/mol. The molecule has 0 atom stereocenters. The van der Waals surface area contributed by atoms with Crippen LogP contribution < -0.4 is 0 Å². The molecule has 0 fully saturated rings. The van der Waals surface area contributed by atoms with Crippen molar-refractivity contribution in [3.8, 4) is 44.8 Å². The topological polar surface area (TPSA) is 25.8 Å². The number of nitrogens with zero attached hydrogens (tertiary/aromatic N) is 2. The molecule has 0 radical (unpaired) electrons. The van der Waals surface area contributed by atoms with Crippen LogP contribution in [-0.4, -0.2) is 9.97 Å². The molecule has 0 aliphatic rings. The number of benzene rings is 4. The van der Waals surface area contributed by atoms with E-state index in [1.54, 1.807) is 0 Å². The Morgan fingerprint density at radius 1 is 0.462 bits per heavy atom. The summed E-state index contributed by atoms with van der Waals surface area (Å²) in [5.74, 6) is 0. The van der Waals surface area contributed by atoms with Gasteiger partial charge in [0.05, 0.1) is 0 Å². The minimum Gasteiger partial charge on any atom is -0.304 e. The van der Waals surface area contributed by atoms with Gasteiger partial charge in [-0.3, -0.25) is 0 Å². The molecule has 0 spiro atoms. The minimum atomic E-state index is 0. The summed E-state index contributed by atoms with van der Waals surface area (Å²) in [6.07, 6.45) is 3.66. The first-order chi connectivity index (χ1) is 18.7. The van der Waals surface area contributed by atoms with Crippen LogP contribution in [0.15, 0.2) is 134 Å². The molecule has 2 aromatic heterocycles. The fourth-order valence-electron chi connectivity index (χ4n) is 4.48. The second-order valence-corrected chi connectivity index (χ2v) is 8.99. The molecule has 0 saturated carbocycles. The third-order valence-electron chi connectivity index (χ3n) is 6.37. The summed E-state index contributed by atoms with van der Waals surface area (Å²) < 4.78 is 0. The van der Waals surface area contributed by atoms with Gasteiger partial charge in [0.2, 0.25) is 0 Å². The second-order valence-electron chi connectivity index (χ2n) is 8.99. The Labute approximate surface area is 245 Å². The van der Waals surface area contributed by atoms with Crippen LogP contribution in [0, 0.1) is 26.0 Å². The Bertz CT molecular complexity index is 1500. The maximum Gasteiger partial charge on any atom is 2.00 e. The second kappa shape index (κ2) is 13.6. The molecule has 2 heterocycles. The van der Waals surface area contributed by atoms with E-state index in [0.29, 0.717) is 0 Å². The average Bonchev–Trinajstić information content (AvgIpc) is 2.99. The zero-order valence-corrected chi connectivity index (χ0v) is 24.2. The Balaban J connectivity index is 0.000000176. The van der Waals surface area contributed by atoms with Gasteiger partial charge in [-0.1, -0.05) is 106 Å². The van der Waals surface area contributed by atoms with E-state index in [1.165, 1.54) is 33.4 Å². The molecule has 192 valence electrons. The average molecular weight is 684 g/mol. The SMILES string of the molecule is Cc1cccnc1-c1[c-]cccc1-c1ccccc1.Cc1cccnc1-c1[c-]cccc1-c1ccccc1.[Pt+2]. The molecule has 0 saturated heterocycles. The number of aromatic nitrogens is 2. The molecule has 0 bridgehead atoms. The van der Waals surface area contributed by atoms with Crippen molar-refractivity contribution in [1.29, 1.82) is 0 Å². The van der Waals surface area contributed by atoms with Gasteiger partial charge in [-0.25, -0.2) is 0 Å². The van der Waals surface area contributed by atoms with E-state index >= 15 is 0 Å². The number of hydrogen-bond acceptors (Lipinski definition) is 2. The van der Waals surface area contributed by atoms with Gasteiger partial charge in [0.1, 0.15) is 0 Å². The maximum atomic E-state index is 4.50. The molecule has 3 heteroatoms. The first-order valence-electron chi connectivity index (χ1n) is 12.7. The molecule has 6 rings (SSSR count). The third-order valence-corrected chi connectivity index (χ3v) is 6.37. The Kier molecular flexibility index (Phi) is 9.73. The van der Waals surface area contributed by atoms with Gasteiger partial charge in [0.15, 0.2) is 0 Å². The first kappa shape index (κ1) is 27.9. The van der Waals surface area contributed by atoms with Crippen LogP contribution in [0.25, 0.3) is 44.8 Å². The Hall–Kier alpha value is -4.13. The summed E-state index contributed by atoms with van der Waals surface area (Å²) in [5.41, 5.74) is 11.2. The van der Waals surface area contributed by atoms with Crippen molar-refractivity contribution in [1.82, 2.24) is 9.97 Å². The Morgan fingerprint density at radius 3 is 1.26 bits per heavy atom. The van der Waals surface area contributed by atoms with E-state index < -0.39 is 0 Å². The zero-order chi connectivity index (χ0) is 26.2. The van der Waals surface area contributed by atoms with Gasteiger partial charge in [-0.15, -0.1) is 59.7 Å². The van der Waals surface area contributed by atoms with E-state index in [-0.39, 0.29) is 21.1 Å². The summed E-state index contributed by atoms with van der Waals surface area (Å²) in [4.78, 5) is 9.01. The van der Waals surface area contributed by atoms with Crippen LogP contribution in [0.3, 0.4) is 0 Å². The summed E-state index contributed by atoms with van der Waals surface area (Å²) >= 11 is 0. The van der Waals surface area contributed by atoms with E-state index in [4.69, 9.17) is 0 Å². The van der Waals surface area contributed by atoms with Crippen molar-refractivity contribution in [2.45, 2.75) is 13.8 Å². The van der Waals surface area contributed by atoms with E-state index in [0.717, 1.165) is 22.5 Å². The van der Waals surface area contributed by atoms with E-state index in [1.807, 2.05) is 60.9 Å². The van der Waals surface area contributed by atoms with Crippen LogP contribution in [0.1, 0.15) is 11.1 Å². The van der Waals surface area contributed by atoms with Crippen molar-refractivity contribution in [2.24, 2.45) is 0 Å². The van der Waals surface area contributed by atoms with Crippen molar-refractivity contribution in [2.75, 3.05) is 0 Å². The van der Waals surface area contributed by atoms with Crippen LogP contribution >= 0.6 is 0 Å². The quantitative estimate of drug-likeness (QED) is 0.173. The van der Waals surface area contributed by atoms with Gasteiger partial charge < -0.3 is 9.97 Å². The summed E-state index contributed by atoms with van der Waals surface area (Å²) in [5, 5.41) is 0. The molecule has 4 aromatic carbocycles.